The molecule has 1 aromatic heterocycles. The lowest BCUT2D eigenvalue weighted by Crippen LogP contribution is -2.30. The average Bonchev–Trinajstić information content (AvgIpc) is 2.94. The predicted octanol–water partition coefficient (Wildman–Crippen LogP) is 2.60. The van der Waals surface area contributed by atoms with E-state index in [0.717, 1.165) is 56.2 Å². The van der Waals surface area contributed by atoms with Crippen molar-refractivity contribution in [3.8, 4) is 0 Å². The van der Waals surface area contributed by atoms with E-state index in [1.807, 2.05) is 0 Å². The molecule has 0 aromatic carbocycles. The van der Waals surface area contributed by atoms with Crippen molar-refractivity contribution in [2.24, 2.45) is 0 Å². The molecule has 0 bridgehead atoms. The minimum absolute atomic E-state index is 0.276. The molecule has 0 radical (unpaired) electrons. The Kier molecular flexibility index (Phi) is 6.23. The van der Waals surface area contributed by atoms with E-state index in [1.165, 1.54) is 12.8 Å². The molecule has 1 saturated heterocycles. The molecule has 2 rings (SSSR count). The number of hydrogen-bond donors (Lipinski definition) is 2. The Balaban J connectivity index is 2.19. The van der Waals surface area contributed by atoms with Crippen molar-refractivity contribution in [1.82, 2.24) is 9.97 Å². The van der Waals surface area contributed by atoms with Crippen LogP contribution in [-0.4, -0.2) is 40.8 Å². The van der Waals surface area contributed by atoms with E-state index in [1.54, 1.807) is 0 Å². The Morgan fingerprint density at radius 1 is 1.38 bits per heavy atom. The first-order valence-electron chi connectivity index (χ1n) is 8.27. The summed E-state index contributed by atoms with van der Waals surface area (Å²) in [7, 11) is 0. The fourth-order valence-electron chi connectivity index (χ4n) is 3.00. The first-order valence-corrected chi connectivity index (χ1v) is 8.27. The Hall–Kier alpha value is -1.36. The minimum Gasteiger partial charge on any atom is -0.396 e. The predicted molar refractivity (Wildman–Crippen MR) is 86.9 cm³/mol. The number of aryl methyl sites for hydroxylation is 1. The van der Waals surface area contributed by atoms with Gasteiger partial charge < -0.3 is 15.3 Å². The van der Waals surface area contributed by atoms with E-state index in [0.29, 0.717) is 6.04 Å². The van der Waals surface area contributed by atoms with E-state index in [4.69, 9.17) is 10.1 Å². The molecular formula is C16H28N4O. The van der Waals surface area contributed by atoms with Crippen molar-refractivity contribution in [3.05, 3.63) is 11.9 Å². The molecule has 118 valence electrons. The summed E-state index contributed by atoms with van der Waals surface area (Å²) in [6, 6.07) is 2.58. The standard InChI is InChI=1S/C16H28N4O/c1-3-7-14-18-15(17-4-2)12-16(19-14)20-10-5-8-13(20)9-6-11-21/h12-13,21H,3-11H2,1-2H3,(H,17,18,19). The summed E-state index contributed by atoms with van der Waals surface area (Å²) >= 11 is 0. The third-order valence-corrected chi connectivity index (χ3v) is 3.96. The molecule has 2 heterocycles. The zero-order valence-electron chi connectivity index (χ0n) is 13.3. The molecule has 1 aliphatic heterocycles. The number of hydrogen-bond acceptors (Lipinski definition) is 5. The quantitative estimate of drug-likeness (QED) is 0.771. The second-order valence-electron chi connectivity index (χ2n) is 5.66. The second-order valence-corrected chi connectivity index (χ2v) is 5.66. The van der Waals surface area contributed by atoms with Crippen molar-refractivity contribution in [3.63, 3.8) is 0 Å². The summed E-state index contributed by atoms with van der Waals surface area (Å²) in [5, 5.41) is 12.4. The van der Waals surface area contributed by atoms with Gasteiger partial charge in [-0.05, 0) is 39.0 Å². The maximum atomic E-state index is 9.06. The Bertz CT molecular complexity index is 414. The van der Waals surface area contributed by atoms with Crippen LogP contribution in [0.5, 0.6) is 0 Å². The maximum absolute atomic E-state index is 9.06. The summed E-state index contributed by atoms with van der Waals surface area (Å²) in [4.78, 5) is 11.7. The van der Waals surface area contributed by atoms with Crippen LogP contribution in [-0.2, 0) is 6.42 Å². The van der Waals surface area contributed by atoms with Gasteiger partial charge in [0.2, 0.25) is 0 Å². The molecule has 1 aliphatic rings. The first kappa shape index (κ1) is 16.0. The molecule has 2 N–H and O–H groups in total. The largest absolute Gasteiger partial charge is 0.396 e. The van der Waals surface area contributed by atoms with Crippen molar-refractivity contribution < 1.29 is 5.11 Å². The second kappa shape index (κ2) is 8.17. The van der Waals surface area contributed by atoms with Crippen molar-refractivity contribution >= 4 is 11.6 Å². The lowest BCUT2D eigenvalue weighted by molar-refractivity contribution is 0.279. The number of aliphatic hydroxyl groups excluding tert-OH is 1. The molecule has 0 spiro atoms. The van der Waals surface area contributed by atoms with E-state index in [9.17, 15) is 0 Å². The number of anilines is 2. The normalized spacial score (nSPS) is 18.2. The van der Waals surface area contributed by atoms with Crippen LogP contribution in [0.3, 0.4) is 0 Å². The van der Waals surface area contributed by atoms with E-state index >= 15 is 0 Å². The number of aromatic nitrogens is 2. The lowest BCUT2D eigenvalue weighted by atomic mass is 10.1. The molecular weight excluding hydrogens is 264 g/mol. The topological polar surface area (TPSA) is 61.3 Å². The number of rotatable bonds is 8. The summed E-state index contributed by atoms with van der Waals surface area (Å²) < 4.78 is 0. The van der Waals surface area contributed by atoms with Crippen molar-refractivity contribution in [1.29, 1.82) is 0 Å². The lowest BCUT2D eigenvalue weighted by Gasteiger charge is -2.26. The highest BCUT2D eigenvalue weighted by Gasteiger charge is 2.25. The summed E-state index contributed by atoms with van der Waals surface area (Å²) in [5.41, 5.74) is 0. The molecule has 1 aromatic rings. The van der Waals surface area contributed by atoms with Crippen molar-refractivity contribution in [2.45, 2.75) is 58.4 Å². The summed E-state index contributed by atoms with van der Waals surface area (Å²) in [6.07, 6.45) is 6.29. The minimum atomic E-state index is 0.276. The maximum Gasteiger partial charge on any atom is 0.134 e. The average molecular weight is 292 g/mol. The monoisotopic (exact) mass is 292 g/mol. The van der Waals surface area contributed by atoms with Gasteiger partial charge in [-0.25, -0.2) is 9.97 Å². The SMILES string of the molecule is CCCc1nc(NCC)cc(N2CCCC2CCCO)n1. The number of nitrogens with zero attached hydrogens (tertiary/aromatic N) is 3. The van der Waals surface area contributed by atoms with Crippen LogP contribution in [0.1, 0.15) is 51.8 Å². The Morgan fingerprint density at radius 2 is 2.24 bits per heavy atom. The molecule has 0 amide bonds. The van der Waals surface area contributed by atoms with Gasteiger partial charge in [-0.3, -0.25) is 0 Å². The van der Waals surface area contributed by atoms with Gasteiger partial charge in [0.1, 0.15) is 17.5 Å². The molecule has 5 nitrogen and oxygen atoms in total. The highest BCUT2D eigenvalue weighted by Crippen LogP contribution is 2.28. The number of nitrogens with one attached hydrogen (secondary N) is 1. The molecule has 5 heteroatoms. The molecule has 1 unspecified atom stereocenters. The summed E-state index contributed by atoms with van der Waals surface area (Å²) in [6.45, 7) is 6.45. The zero-order valence-corrected chi connectivity index (χ0v) is 13.3. The van der Waals surface area contributed by atoms with Gasteiger partial charge in [0.15, 0.2) is 0 Å². The Labute approximate surface area is 127 Å². The fraction of sp³-hybridized carbons (Fsp3) is 0.750. The highest BCUT2D eigenvalue weighted by atomic mass is 16.2. The van der Waals surface area contributed by atoms with E-state index in [2.05, 4.69) is 35.1 Å². The van der Waals surface area contributed by atoms with Gasteiger partial charge in [-0.2, -0.15) is 0 Å². The van der Waals surface area contributed by atoms with E-state index in [-0.39, 0.29) is 6.61 Å². The molecule has 21 heavy (non-hydrogen) atoms. The molecule has 1 atom stereocenters. The third kappa shape index (κ3) is 4.30. The van der Waals surface area contributed by atoms with Crippen LogP contribution in [0.25, 0.3) is 0 Å². The van der Waals surface area contributed by atoms with Gasteiger partial charge >= 0.3 is 0 Å². The van der Waals surface area contributed by atoms with Crippen LogP contribution >= 0.6 is 0 Å². The number of aliphatic hydroxyl groups is 1. The van der Waals surface area contributed by atoms with Gasteiger partial charge in [0.25, 0.3) is 0 Å². The van der Waals surface area contributed by atoms with Crippen LogP contribution in [0.15, 0.2) is 6.07 Å². The smallest absolute Gasteiger partial charge is 0.134 e. The van der Waals surface area contributed by atoms with E-state index < -0.39 is 0 Å². The van der Waals surface area contributed by atoms with Gasteiger partial charge in [0, 0.05) is 38.2 Å². The molecule has 0 aliphatic carbocycles. The fourth-order valence-corrected chi connectivity index (χ4v) is 3.00. The van der Waals surface area contributed by atoms with Crippen molar-refractivity contribution in [2.75, 3.05) is 29.9 Å². The van der Waals surface area contributed by atoms with Crippen LogP contribution in [0.2, 0.25) is 0 Å². The summed E-state index contributed by atoms with van der Waals surface area (Å²) in [5.74, 6) is 2.90. The van der Waals surface area contributed by atoms with Crippen LogP contribution in [0.4, 0.5) is 11.6 Å². The van der Waals surface area contributed by atoms with Crippen LogP contribution < -0.4 is 10.2 Å². The third-order valence-electron chi connectivity index (χ3n) is 3.96. The van der Waals surface area contributed by atoms with Gasteiger partial charge in [-0.1, -0.05) is 6.92 Å². The Morgan fingerprint density at radius 3 is 2.95 bits per heavy atom. The van der Waals surface area contributed by atoms with Gasteiger partial charge in [-0.15, -0.1) is 0 Å². The van der Waals surface area contributed by atoms with Crippen LogP contribution in [0, 0.1) is 0 Å². The zero-order chi connectivity index (χ0) is 15.1. The molecule has 1 fully saturated rings. The highest BCUT2D eigenvalue weighted by molar-refractivity contribution is 5.50. The van der Waals surface area contributed by atoms with Gasteiger partial charge in [0.05, 0.1) is 0 Å². The first-order chi connectivity index (χ1) is 10.3. The molecule has 0 saturated carbocycles.